The van der Waals surface area contributed by atoms with E-state index in [4.69, 9.17) is 11.6 Å². The molecular weight excluding hydrogens is 254 g/mol. The van der Waals surface area contributed by atoms with Gasteiger partial charge in [-0.15, -0.1) is 0 Å². The Morgan fingerprint density at radius 1 is 1.16 bits per heavy atom. The van der Waals surface area contributed by atoms with E-state index in [1.807, 2.05) is 12.1 Å². The SMILES string of the molecule is CCCCCCC(C)NC(CC)c1cccc(Cl)c1. The summed E-state index contributed by atoms with van der Waals surface area (Å²) in [6, 6.07) is 9.20. The van der Waals surface area contributed by atoms with E-state index in [0.717, 1.165) is 11.4 Å². The zero-order chi connectivity index (χ0) is 14.1. The number of benzene rings is 1. The largest absolute Gasteiger partial charge is 0.307 e. The van der Waals surface area contributed by atoms with Crippen LogP contribution >= 0.6 is 11.6 Å². The lowest BCUT2D eigenvalue weighted by atomic mass is 10.0. The third kappa shape index (κ3) is 6.44. The first-order chi connectivity index (χ1) is 9.17. The van der Waals surface area contributed by atoms with Crippen molar-refractivity contribution in [2.45, 2.75) is 71.4 Å². The average molecular weight is 282 g/mol. The Kier molecular flexibility index (Phi) is 8.16. The standard InChI is InChI=1S/C17H28ClN/c1-4-6-7-8-10-14(3)19-17(5-2)15-11-9-12-16(18)13-15/h9,11-14,17,19H,4-8,10H2,1-3H3. The third-order valence-electron chi connectivity index (χ3n) is 3.64. The molecule has 1 N–H and O–H groups in total. The molecule has 0 aliphatic heterocycles. The summed E-state index contributed by atoms with van der Waals surface area (Å²) >= 11 is 6.07. The van der Waals surface area contributed by atoms with E-state index in [1.165, 1.54) is 37.7 Å². The molecule has 2 heteroatoms. The van der Waals surface area contributed by atoms with Gasteiger partial charge in [0.15, 0.2) is 0 Å². The van der Waals surface area contributed by atoms with Crippen LogP contribution < -0.4 is 5.32 Å². The Morgan fingerprint density at radius 3 is 2.58 bits per heavy atom. The van der Waals surface area contributed by atoms with Gasteiger partial charge in [0, 0.05) is 17.1 Å². The van der Waals surface area contributed by atoms with Crippen LogP contribution in [0.3, 0.4) is 0 Å². The first kappa shape index (κ1) is 16.5. The molecule has 0 fully saturated rings. The summed E-state index contributed by atoms with van der Waals surface area (Å²) in [6.45, 7) is 6.77. The van der Waals surface area contributed by atoms with Crippen molar-refractivity contribution in [2.24, 2.45) is 0 Å². The maximum atomic E-state index is 6.07. The Balaban J connectivity index is 2.43. The fourth-order valence-electron chi connectivity index (χ4n) is 2.48. The van der Waals surface area contributed by atoms with Gasteiger partial charge in [0.1, 0.15) is 0 Å². The van der Waals surface area contributed by atoms with Crippen molar-refractivity contribution in [1.29, 1.82) is 0 Å². The summed E-state index contributed by atoms with van der Waals surface area (Å²) in [5.74, 6) is 0. The quantitative estimate of drug-likeness (QED) is 0.569. The van der Waals surface area contributed by atoms with Gasteiger partial charge in [0.25, 0.3) is 0 Å². The zero-order valence-electron chi connectivity index (χ0n) is 12.6. The minimum absolute atomic E-state index is 0.417. The summed E-state index contributed by atoms with van der Waals surface area (Å²) in [6.07, 6.45) is 7.71. The average Bonchev–Trinajstić information content (AvgIpc) is 2.41. The number of rotatable bonds is 9. The van der Waals surface area contributed by atoms with Gasteiger partial charge in [-0.2, -0.15) is 0 Å². The maximum Gasteiger partial charge on any atom is 0.0409 e. The minimum atomic E-state index is 0.417. The monoisotopic (exact) mass is 281 g/mol. The van der Waals surface area contributed by atoms with Crippen LogP contribution in [0.1, 0.15) is 70.9 Å². The van der Waals surface area contributed by atoms with Crippen LogP contribution in [0.25, 0.3) is 0 Å². The first-order valence-electron chi connectivity index (χ1n) is 7.68. The number of hydrogen-bond acceptors (Lipinski definition) is 1. The Hall–Kier alpha value is -0.530. The Bertz CT molecular complexity index is 351. The molecule has 2 unspecified atom stereocenters. The number of hydrogen-bond donors (Lipinski definition) is 1. The van der Waals surface area contributed by atoms with Gasteiger partial charge in [-0.05, 0) is 37.5 Å². The molecule has 1 rings (SSSR count). The molecule has 1 aromatic rings. The van der Waals surface area contributed by atoms with Crippen molar-refractivity contribution in [3.63, 3.8) is 0 Å². The molecule has 0 amide bonds. The van der Waals surface area contributed by atoms with Crippen LogP contribution in [-0.2, 0) is 0 Å². The molecule has 108 valence electrons. The fraction of sp³-hybridized carbons (Fsp3) is 0.647. The smallest absolute Gasteiger partial charge is 0.0409 e. The topological polar surface area (TPSA) is 12.0 Å². The summed E-state index contributed by atoms with van der Waals surface area (Å²) in [4.78, 5) is 0. The van der Waals surface area contributed by atoms with E-state index < -0.39 is 0 Å². The molecule has 0 aliphatic rings. The van der Waals surface area contributed by atoms with Crippen molar-refractivity contribution in [3.8, 4) is 0 Å². The van der Waals surface area contributed by atoms with Crippen LogP contribution in [-0.4, -0.2) is 6.04 Å². The van der Waals surface area contributed by atoms with Crippen molar-refractivity contribution < 1.29 is 0 Å². The number of nitrogens with one attached hydrogen (secondary N) is 1. The molecule has 0 spiro atoms. The van der Waals surface area contributed by atoms with Gasteiger partial charge < -0.3 is 5.32 Å². The lowest BCUT2D eigenvalue weighted by Crippen LogP contribution is -2.30. The number of halogens is 1. The van der Waals surface area contributed by atoms with Crippen molar-refractivity contribution in [2.75, 3.05) is 0 Å². The van der Waals surface area contributed by atoms with E-state index in [0.29, 0.717) is 12.1 Å². The highest BCUT2D eigenvalue weighted by atomic mass is 35.5. The van der Waals surface area contributed by atoms with E-state index in [9.17, 15) is 0 Å². The minimum Gasteiger partial charge on any atom is -0.307 e. The molecule has 2 atom stereocenters. The van der Waals surface area contributed by atoms with Crippen LogP contribution in [0.15, 0.2) is 24.3 Å². The second-order valence-corrected chi connectivity index (χ2v) is 5.87. The molecule has 1 nitrogen and oxygen atoms in total. The van der Waals surface area contributed by atoms with Gasteiger partial charge in [-0.25, -0.2) is 0 Å². The van der Waals surface area contributed by atoms with Crippen molar-refractivity contribution in [3.05, 3.63) is 34.9 Å². The van der Waals surface area contributed by atoms with Gasteiger partial charge in [-0.1, -0.05) is 63.3 Å². The molecule has 1 aromatic carbocycles. The van der Waals surface area contributed by atoms with E-state index in [2.05, 4.69) is 38.2 Å². The second-order valence-electron chi connectivity index (χ2n) is 5.43. The van der Waals surface area contributed by atoms with Gasteiger partial charge in [0.2, 0.25) is 0 Å². The normalized spacial score (nSPS) is 14.3. The Morgan fingerprint density at radius 2 is 1.95 bits per heavy atom. The number of unbranched alkanes of at least 4 members (excludes halogenated alkanes) is 3. The van der Waals surface area contributed by atoms with E-state index in [1.54, 1.807) is 0 Å². The first-order valence-corrected chi connectivity index (χ1v) is 8.06. The fourth-order valence-corrected chi connectivity index (χ4v) is 2.68. The predicted molar refractivity (Wildman–Crippen MR) is 85.8 cm³/mol. The molecular formula is C17H28ClN. The van der Waals surface area contributed by atoms with E-state index in [-0.39, 0.29) is 0 Å². The highest BCUT2D eigenvalue weighted by Gasteiger charge is 2.12. The molecule has 19 heavy (non-hydrogen) atoms. The predicted octanol–water partition coefficient (Wildman–Crippen LogP) is 5.74. The summed E-state index contributed by atoms with van der Waals surface area (Å²) < 4.78 is 0. The van der Waals surface area contributed by atoms with Gasteiger partial charge in [0.05, 0.1) is 0 Å². The third-order valence-corrected chi connectivity index (χ3v) is 3.87. The lowest BCUT2D eigenvalue weighted by Gasteiger charge is -2.23. The molecule has 0 saturated carbocycles. The molecule has 0 aromatic heterocycles. The lowest BCUT2D eigenvalue weighted by molar-refractivity contribution is 0.414. The zero-order valence-corrected chi connectivity index (χ0v) is 13.3. The molecule has 0 bridgehead atoms. The van der Waals surface area contributed by atoms with E-state index >= 15 is 0 Å². The molecule has 0 saturated heterocycles. The van der Waals surface area contributed by atoms with Crippen molar-refractivity contribution in [1.82, 2.24) is 5.32 Å². The maximum absolute atomic E-state index is 6.07. The van der Waals surface area contributed by atoms with Crippen LogP contribution in [0.4, 0.5) is 0 Å². The second kappa shape index (κ2) is 9.39. The summed E-state index contributed by atoms with van der Waals surface area (Å²) in [5, 5.41) is 4.56. The van der Waals surface area contributed by atoms with Gasteiger partial charge >= 0.3 is 0 Å². The summed E-state index contributed by atoms with van der Waals surface area (Å²) in [5.41, 5.74) is 1.30. The van der Waals surface area contributed by atoms with Crippen molar-refractivity contribution >= 4 is 11.6 Å². The summed E-state index contributed by atoms with van der Waals surface area (Å²) in [7, 11) is 0. The Labute approximate surface area is 123 Å². The molecule has 0 heterocycles. The highest BCUT2D eigenvalue weighted by Crippen LogP contribution is 2.21. The van der Waals surface area contributed by atoms with Gasteiger partial charge in [-0.3, -0.25) is 0 Å². The molecule has 0 aliphatic carbocycles. The van der Waals surface area contributed by atoms with Crippen LogP contribution in [0.5, 0.6) is 0 Å². The highest BCUT2D eigenvalue weighted by molar-refractivity contribution is 6.30. The van der Waals surface area contributed by atoms with Crippen LogP contribution in [0.2, 0.25) is 5.02 Å². The molecule has 0 radical (unpaired) electrons. The van der Waals surface area contributed by atoms with Crippen LogP contribution in [0, 0.1) is 0 Å².